The quantitative estimate of drug-likeness (QED) is 0.510. The third kappa shape index (κ3) is 4.92. The average Bonchev–Trinajstić information content (AvgIpc) is 3.40. The number of esters is 1. The van der Waals surface area contributed by atoms with Crippen LogP contribution in [0.15, 0.2) is 29.3 Å². The molecule has 0 fully saturated rings. The molecular formula is C21H21N3O6S3. The number of sulfone groups is 1. The zero-order valence-corrected chi connectivity index (χ0v) is 20.4. The number of carbonyl (C=O) groups excluding carboxylic acids is 3. The Hall–Kier alpha value is -2.83. The van der Waals surface area contributed by atoms with Crippen molar-refractivity contribution < 1.29 is 27.5 Å². The Labute approximate surface area is 197 Å². The van der Waals surface area contributed by atoms with E-state index in [1.165, 1.54) is 29.8 Å². The number of rotatable bonds is 6. The maximum atomic E-state index is 12.5. The molecule has 2 heterocycles. The Bertz CT molecular complexity index is 1450. The fourth-order valence-corrected chi connectivity index (χ4v) is 7.08. The van der Waals surface area contributed by atoms with Crippen LogP contribution in [0.3, 0.4) is 0 Å². The number of hydrogen-bond donors (Lipinski definition) is 1. The highest BCUT2D eigenvalue weighted by Gasteiger charge is 2.29. The highest BCUT2D eigenvalue weighted by molar-refractivity contribution is 7.92. The zero-order chi connectivity index (χ0) is 23.8. The normalized spacial score (nSPS) is 13.8. The number of hydrogen-bond acceptors (Lipinski definition) is 8. The summed E-state index contributed by atoms with van der Waals surface area (Å²) in [6.45, 7) is 0. The number of ether oxygens (including phenoxy) is 1. The molecule has 0 atom stereocenters. The number of benzene rings is 1. The lowest BCUT2D eigenvalue weighted by atomic mass is 10.1. The van der Waals surface area contributed by atoms with Gasteiger partial charge in [-0.2, -0.15) is 4.99 Å². The van der Waals surface area contributed by atoms with Crippen LogP contribution >= 0.6 is 22.7 Å². The van der Waals surface area contributed by atoms with Gasteiger partial charge in [-0.25, -0.2) is 13.2 Å². The van der Waals surface area contributed by atoms with Crippen LogP contribution in [0.2, 0.25) is 0 Å². The third-order valence-corrected chi connectivity index (χ3v) is 8.90. The average molecular weight is 508 g/mol. The molecule has 1 aliphatic rings. The Morgan fingerprint density at radius 2 is 1.91 bits per heavy atom. The molecule has 9 nitrogen and oxygen atoms in total. The Morgan fingerprint density at radius 3 is 2.64 bits per heavy atom. The van der Waals surface area contributed by atoms with Crippen molar-refractivity contribution in [3.63, 3.8) is 0 Å². The van der Waals surface area contributed by atoms with Crippen molar-refractivity contribution in [3.8, 4) is 0 Å². The number of methoxy groups -OCH3 is 1. The maximum Gasteiger partial charge on any atom is 0.341 e. The van der Waals surface area contributed by atoms with Gasteiger partial charge in [-0.15, -0.1) is 11.3 Å². The summed E-state index contributed by atoms with van der Waals surface area (Å²) in [5, 5.41) is 2.79. The number of aromatic nitrogens is 1. The summed E-state index contributed by atoms with van der Waals surface area (Å²) in [5.74, 6) is -4.02. The van der Waals surface area contributed by atoms with Crippen LogP contribution in [0.25, 0.3) is 10.2 Å². The number of anilines is 1. The molecule has 1 aliphatic carbocycles. The van der Waals surface area contributed by atoms with Gasteiger partial charge in [-0.05, 0) is 37.0 Å². The molecule has 0 bridgehead atoms. The lowest BCUT2D eigenvalue weighted by Gasteiger charge is -2.07. The molecule has 0 aliphatic heterocycles. The molecule has 33 heavy (non-hydrogen) atoms. The van der Waals surface area contributed by atoms with Crippen molar-refractivity contribution in [2.45, 2.75) is 19.3 Å². The van der Waals surface area contributed by atoms with Crippen molar-refractivity contribution in [1.82, 2.24) is 4.57 Å². The molecule has 0 spiro atoms. The Balaban J connectivity index is 1.47. The van der Waals surface area contributed by atoms with Gasteiger partial charge in [-0.1, -0.05) is 23.5 Å². The van der Waals surface area contributed by atoms with Gasteiger partial charge in [0.05, 0.1) is 22.9 Å². The van der Waals surface area contributed by atoms with Gasteiger partial charge >= 0.3 is 5.97 Å². The monoisotopic (exact) mass is 507 g/mol. The first-order valence-corrected chi connectivity index (χ1v) is 13.5. The van der Waals surface area contributed by atoms with Crippen LogP contribution in [-0.2, 0) is 44.1 Å². The lowest BCUT2D eigenvalue weighted by molar-refractivity contribution is -0.115. The van der Waals surface area contributed by atoms with E-state index in [-0.39, 0.29) is 10.6 Å². The highest BCUT2D eigenvalue weighted by Crippen LogP contribution is 2.39. The Kier molecular flexibility index (Phi) is 6.50. The molecule has 2 amide bonds. The molecule has 0 radical (unpaired) electrons. The summed E-state index contributed by atoms with van der Waals surface area (Å²) < 4.78 is 32.4. The van der Waals surface area contributed by atoms with Crippen molar-refractivity contribution in [2.75, 3.05) is 23.9 Å². The summed E-state index contributed by atoms with van der Waals surface area (Å²) in [7, 11) is -1.07. The molecule has 0 unspecified atom stereocenters. The highest BCUT2D eigenvalue weighted by atomic mass is 32.2. The number of thiophene rings is 1. The minimum absolute atomic E-state index is 0.278. The molecule has 174 valence electrons. The molecule has 12 heteroatoms. The summed E-state index contributed by atoms with van der Waals surface area (Å²) in [6.07, 6.45) is 2.41. The van der Waals surface area contributed by atoms with Crippen molar-refractivity contribution >= 4 is 65.5 Å². The summed E-state index contributed by atoms with van der Waals surface area (Å²) in [4.78, 5) is 42.3. The van der Waals surface area contributed by atoms with E-state index in [4.69, 9.17) is 4.74 Å². The van der Waals surface area contributed by atoms with E-state index < -0.39 is 39.1 Å². The predicted octanol–water partition coefficient (Wildman–Crippen LogP) is 2.06. The van der Waals surface area contributed by atoms with Crippen LogP contribution in [0, 0.1) is 0 Å². The van der Waals surface area contributed by atoms with Crippen molar-refractivity contribution in [1.29, 1.82) is 0 Å². The molecule has 1 N–H and O–H groups in total. The first-order valence-electron chi connectivity index (χ1n) is 10.0. The number of amides is 2. The van der Waals surface area contributed by atoms with Gasteiger partial charge in [0.25, 0.3) is 5.91 Å². The molecule has 0 saturated carbocycles. The van der Waals surface area contributed by atoms with Crippen molar-refractivity contribution in [3.05, 3.63) is 45.1 Å². The fraction of sp³-hybridized carbons (Fsp3) is 0.333. The molecule has 2 aromatic heterocycles. The second-order valence-corrected chi connectivity index (χ2v) is 11.7. The standard InChI is InChI=1S/C21H21N3O6S3/c1-24-13-7-3-4-8-15(13)32-21(24)23-17(26)11-33(28,29)10-16(25)22-19-18(20(27)30-2)12-6-5-9-14(12)31-19/h3-4,7-8H,5-6,9-11H2,1-2H3,(H,22,25). The smallest absolute Gasteiger partial charge is 0.341 e. The van der Waals surface area contributed by atoms with Crippen LogP contribution in [-0.4, -0.2) is 49.4 Å². The van der Waals surface area contributed by atoms with Crippen molar-refractivity contribution in [2.24, 2.45) is 12.0 Å². The van der Waals surface area contributed by atoms with Gasteiger partial charge < -0.3 is 14.6 Å². The third-order valence-electron chi connectivity index (χ3n) is 5.19. The Morgan fingerprint density at radius 1 is 1.15 bits per heavy atom. The van der Waals surface area contributed by atoms with E-state index in [2.05, 4.69) is 10.3 Å². The number of carbonyl (C=O) groups is 3. The van der Waals surface area contributed by atoms with Crippen LogP contribution in [0.5, 0.6) is 0 Å². The number of fused-ring (bicyclic) bond motifs is 2. The van der Waals surface area contributed by atoms with E-state index in [1.54, 1.807) is 11.6 Å². The van der Waals surface area contributed by atoms with E-state index in [0.717, 1.165) is 33.5 Å². The molecule has 1 aromatic carbocycles. The number of thiazole rings is 1. The topological polar surface area (TPSA) is 124 Å². The number of para-hydroxylation sites is 1. The summed E-state index contributed by atoms with van der Waals surface area (Å²) >= 11 is 2.52. The van der Waals surface area contributed by atoms with Crippen LogP contribution in [0.1, 0.15) is 27.2 Å². The first kappa shape index (κ1) is 23.3. The van der Waals surface area contributed by atoms with Gasteiger partial charge in [0, 0.05) is 11.9 Å². The largest absolute Gasteiger partial charge is 0.465 e. The molecule has 3 aromatic rings. The van der Waals surface area contributed by atoms with Gasteiger partial charge in [0.15, 0.2) is 14.6 Å². The minimum Gasteiger partial charge on any atom is -0.465 e. The predicted molar refractivity (Wildman–Crippen MR) is 126 cm³/mol. The molecular weight excluding hydrogens is 486 g/mol. The number of aryl methyl sites for hydroxylation is 2. The minimum atomic E-state index is -4.07. The molecule has 0 saturated heterocycles. The van der Waals surface area contributed by atoms with E-state index in [0.29, 0.717) is 11.2 Å². The summed E-state index contributed by atoms with van der Waals surface area (Å²) in [5.41, 5.74) is 2.00. The van der Waals surface area contributed by atoms with Gasteiger partial charge in [0.1, 0.15) is 16.5 Å². The van der Waals surface area contributed by atoms with Gasteiger partial charge in [0.2, 0.25) is 5.91 Å². The van der Waals surface area contributed by atoms with Gasteiger partial charge in [-0.3, -0.25) is 9.59 Å². The number of nitrogens with one attached hydrogen (secondary N) is 1. The molecule has 4 rings (SSSR count). The van der Waals surface area contributed by atoms with E-state index >= 15 is 0 Å². The first-order chi connectivity index (χ1) is 15.7. The van der Waals surface area contributed by atoms with E-state index in [9.17, 15) is 22.8 Å². The van der Waals surface area contributed by atoms with Crippen LogP contribution in [0.4, 0.5) is 5.00 Å². The second-order valence-electron chi connectivity index (χ2n) is 7.55. The van der Waals surface area contributed by atoms with E-state index in [1.807, 2.05) is 24.3 Å². The van der Waals surface area contributed by atoms with Crippen LogP contribution < -0.4 is 10.1 Å². The lowest BCUT2D eigenvalue weighted by Crippen LogP contribution is -2.28. The maximum absolute atomic E-state index is 12.5. The summed E-state index contributed by atoms with van der Waals surface area (Å²) in [6, 6.07) is 7.48. The SMILES string of the molecule is COC(=O)c1c(NC(=O)CS(=O)(=O)CC(=O)N=c2sc3ccccc3n2C)sc2c1CCC2. The second kappa shape index (κ2) is 9.20. The fourth-order valence-electron chi connectivity index (χ4n) is 3.74. The zero-order valence-electron chi connectivity index (χ0n) is 17.9. The number of nitrogens with zero attached hydrogens (tertiary/aromatic N) is 2.